The molecule has 0 aromatic carbocycles. The van der Waals surface area contributed by atoms with Crippen LogP contribution in [0, 0.1) is 0 Å². The van der Waals surface area contributed by atoms with E-state index in [1.807, 2.05) is 0 Å². The monoisotopic (exact) mass is 531 g/mol. The van der Waals surface area contributed by atoms with Crippen LogP contribution >= 0.6 is 0 Å². The second-order valence-electron chi connectivity index (χ2n) is 8.64. The number of hydrogen-bond donors (Lipinski definition) is 8. The Morgan fingerprint density at radius 1 is 0.806 bits per heavy atom. The lowest BCUT2D eigenvalue weighted by Crippen LogP contribution is -2.64. The fourth-order valence-corrected chi connectivity index (χ4v) is 3.69. The number of quaternary nitrogens is 1. The fourth-order valence-electron chi connectivity index (χ4n) is 3.69. The van der Waals surface area contributed by atoms with Crippen LogP contribution in [0.15, 0.2) is 0 Å². The van der Waals surface area contributed by atoms with E-state index in [1.54, 1.807) is 0 Å². The van der Waals surface area contributed by atoms with Gasteiger partial charge in [-0.15, -0.1) is 4.48 Å². The summed E-state index contributed by atoms with van der Waals surface area (Å²) >= 11 is 0. The first-order chi connectivity index (χ1) is 16.7. The first-order valence-electron chi connectivity index (χ1n) is 10.9. The Balaban J connectivity index is 2.35. The van der Waals surface area contributed by atoms with Crippen LogP contribution in [0.5, 0.6) is 0 Å². The van der Waals surface area contributed by atoms with Crippen LogP contribution in [0.3, 0.4) is 0 Å². The molecular formula is C19H35N2O15+. The zero-order valence-electron chi connectivity index (χ0n) is 20.1. The van der Waals surface area contributed by atoms with Gasteiger partial charge in [-0.2, -0.15) is 9.59 Å². The lowest BCUT2D eigenvalue weighted by molar-refractivity contribution is -0.769. The van der Waals surface area contributed by atoms with E-state index in [4.69, 9.17) is 24.7 Å². The van der Waals surface area contributed by atoms with Crippen LogP contribution in [0.1, 0.15) is 6.92 Å². The van der Waals surface area contributed by atoms with Crippen molar-refractivity contribution in [3.8, 4) is 0 Å². The number of carbonyl (C=O) groups excluding carboxylic acids is 2. The number of carbonyl (C=O) groups is 2. The van der Waals surface area contributed by atoms with Crippen LogP contribution in [-0.4, -0.2) is 154 Å². The van der Waals surface area contributed by atoms with Crippen molar-refractivity contribution in [1.82, 2.24) is 0 Å². The minimum atomic E-state index is -1.97. The number of amides is 2. The standard InChI is InChI=1S/C19H35N2O15/c1-6(33-16-12(26)8(22)10(24)14(20)35-16)7(5-21(2,18(29)31-3)19(30)32-4)34-17-13(27)9(23)11(25)15(28)36-17/h6-17,22-28H,5,20H2,1-4H3/q+1. The number of imide groups is 1. The van der Waals surface area contributed by atoms with Crippen molar-refractivity contribution in [3.05, 3.63) is 0 Å². The number of aliphatic hydroxyl groups is 7. The lowest BCUT2D eigenvalue weighted by Gasteiger charge is -2.42. The van der Waals surface area contributed by atoms with Gasteiger partial charge in [0.1, 0.15) is 55.5 Å². The van der Waals surface area contributed by atoms with Crippen molar-refractivity contribution in [2.75, 3.05) is 27.8 Å². The summed E-state index contributed by atoms with van der Waals surface area (Å²) in [4.78, 5) is 25.0. The summed E-state index contributed by atoms with van der Waals surface area (Å²) in [6, 6.07) is 0. The number of nitrogens with two attached hydrogens (primary N) is 1. The highest BCUT2D eigenvalue weighted by Crippen LogP contribution is 2.27. The van der Waals surface area contributed by atoms with E-state index in [0.29, 0.717) is 0 Å². The van der Waals surface area contributed by atoms with Gasteiger partial charge in [0.05, 0.1) is 27.4 Å². The zero-order valence-corrected chi connectivity index (χ0v) is 20.1. The molecule has 2 fully saturated rings. The highest BCUT2D eigenvalue weighted by molar-refractivity contribution is 5.75. The van der Waals surface area contributed by atoms with Crippen molar-refractivity contribution in [3.63, 3.8) is 0 Å². The number of aliphatic hydroxyl groups excluding tert-OH is 7. The largest absolute Gasteiger partial charge is 0.526 e. The molecule has 0 spiro atoms. The van der Waals surface area contributed by atoms with E-state index in [1.165, 1.54) is 6.92 Å². The Bertz CT molecular complexity index is 742. The van der Waals surface area contributed by atoms with Gasteiger partial charge in [0.25, 0.3) is 0 Å². The second-order valence-corrected chi connectivity index (χ2v) is 8.64. The topological polar surface area (TPSA) is 257 Å². The quantitative estimate of drug-likeness (QED) is 0.143. The van der Waals surface area contributed by atoms with Crippen LogP contribution in [-0.2, 0) is 28.4 Å². The minimum absolute atomic E-state index is 0.609. The average Bonchev–Trinajstić information content (AvgIpc) is 2.85. The van der Waals surface area contributed by atoms with Gasteiger partial charge >= 0.3 is 12.2 Å². The number of likely N-dealkylation sites (N-methyl/N-ethyl adjacent to an activating group) is 1. The maximum absolute atomic E-state index is 12.5. The van der Waals surface area contributed by atoms with Crippen LogP contribution in [0.25, 0.3) is 0 Å². The molecule has 36 heavy (non-hydrogen) atoms. The SMILES string of the molecule is COC(=O)[N+](C)(CC(OC1OC(O)C(O)C(O)C1O)C(C)OC1OC(N)C(O)C(O)C1O)C(=O)OC. The molecule has 0 radical (unpaired) electrons. The molecular weight excluding hydrogens is 496 g/mol. The highest BCUT2D eigenvalue weighted by Gasteiger charge is 2.51. The predicted octanol–water partition coefficient (Wildman–Crippen LogP) is -4.76. The maximum atomic E-state index is 12.5. The molecule has 17 heteroatoms. The summed E-state index contributed by atoms with van der Waals surface area (Å²) in [5.41, 5.74) is 5.59. The molecule has 210 valence electrons. The van der Waals surface area contributed by atoms with E-state index in [0.717, 1.165) is 21.3 Å². The molecule has 0 saturated carbocycles. The molecule has 2 aliphatic rings. The van der Waals surface area contributed by atoms with Gasteiger partial charge < -0.3 is 69.9 Å². The predicted molar refractivity (Wildman–Crippen MR) is 111 cm³/mol. The molecule has 2 aliphatic heterocycles. The van der Waals surface area contributed by atoms with E-state index in [9.17, 15) is 45.3 Å². The van der Waals surface area contributed by atoms with Gasteiger partial charge in [0, 0.05) is 0 Å². The molecule has 12 atom stereocenters. The molecule has 12 unspecified atom stereocenters. The van der Waals surface area contributed by atoms with Gasteiger partial charge in [-0.1, -0.05) is 0 Å². The summed E-state index contributed by atoms with van der Waals surface area (Å²) in [6.45, 7) is 0.724. The number of rotatable bonds is 7. The number of nitrogens with zero attached hydrogens (tertiary/aromatic N) is 1. The molecule has 2 saturated heterocycles. The lowest BCUT2D eigenvalue weighted by atomic mass is 10.0. The second kappa shape index (κ2) is 12.3. The van der Waals surface area contributed by atoms with Crippen LogP contribution in [0.4, 0.5) is 9.59 Å². The van der Waals surface area contributed by atoms with Crippen molar-refractivity contribution in [1.29, 1.82) is 0 Å². The van der Waals surface area contributed by atoms with Crippen molar-refractivity contribution in [2.45, 2.75) is 80.9 Å². The van der Waals surface area contributed by atoms with Crippen molar-refractivity contribution in [2.24, 2.45) is 5.73 Å². The third kappa shape index (κ3) is 6.27. The summed E-state index contributed by atoms with van der Waals surface area (Å²) in [5.74, 6) is 0. The summed E-state index contributed by atoms with van der Waals surface area (Å²) in [5, 5.41) is 69.8. The van der Waals surface area contributed by atoms with Crippen LogP contribution in [0.2, 0.25) is 0 Å². The minimum Gasteiger partial charge on any atom is -0.423 e. The van der Waals surface area contributed by atoms with Gasteiger partial charge in [-0.25, -0.2) is 0 Å². The van der Waals surface area contributed by atoms with Crippen LogP contribution < -0.4 is 5.73 Å². The first-order valence-corrected chi connectivity index (χ1v) is 10.9. The Morgan fingerprint density at radius 2 is 1.28 bits per heavy atom. The van der Waals surface area contributed by atoms with Gasteiger partial charge in [-0.05, 0) is 6.92 Å². The molecule has 0 aromatic rings. The number of methoxy groups -OCH3 is 2. The third-order valence-corrected chi connectivity index (χ3v) is 6.03. The molecule has 2 amide bonds. The molecule has 0 bridgehead atoms. The summed E-state index contributed by atoms with van der Waals surface area (Å²) < 4.78 is 29.6. The molecule has 0 aliphatic carbocycles. The Labute approximate surface area is 205 Å². The van der Waals surface area contributed by atoms with Gasteiger partial charge in [-0.3, -0.25) is 0 Å². The van der Waals surface area contributed by atoms with E-state index >= 15 is 0 Å². The Hall–Kier alpha value is -1.58. The van der Waals surface area contributed by atoms with E-state index < -0.39 is 97.1 Å². The average molecular weight is 531 g/mol. The van der Waals surface area contributed by atoms with Crippen molar-refractivity contribution >= 4 is 12.2 Å². The highest BCUT2D eigenvalue weighted by atomic mass is 16.8. The van der Waals surface area contributed by atoms with Gasteiger partial charge in [0.15, 0.2) is 18.9 Å². The number of hydrogen-bond acceptors (Lipinski definition) is 16. The summed E-state index contributed by atoms with van der Waals surface area (Å²) in [7, 11) is 3.15. The summed E-state index contributed by atoms with van der Waals surface area (Å²) in [6.07, 6.45) is -22.5. The third-order valence-electron chi connectivity index (χ3n) is 6.03. The molecule has 0 aromatic heterocycles. The van der Waals surface area contributed by atoms with E-state index in [-0.39, 0.29) is 0 Å². The van der Waals surface area contributed by atoms with Crippen molar-refractivity contribution < 1.29 is 78.2 Å². The molecule has 17 nitrogen and oxygen atoms in total. The zero-order chi connectivity index (χ0) is 27.5. The fraction of sp³-hybridized carbons (Fsp3) is 0.895. The Morgan fingerprint density at radius 3 is 1.78 bits per heavy atom. The van der Waals surface area contributed by atoms with E-state index in [2.05, 4.69) is 9.47 Å². The molecule has 2 heterocycles. The smallest absolute Gasteiger partial charge is 0.423 e. The number of ether oxygens (including phenoxy) is 6. The molecule has 2 rings (SSSR count). The van der Waals surface area contributed by atoms with Gasteiger partial charge in [0.2, 0.25) is 0 Å². The first kappa shape index (κ1) is 30.6. The Kier molecular flexibility index (Phi) is 10.5. The maximum Gasteiger partial charge on any atom is 0.526 e. The normalized spacial score (nSPS) is 39.2. The molecule has 9 N–H and O–H groups in total.